The lowest BCUT2D eigenvalue weighted by Gasteiger charge is -2.00. The van der Waals surface area contributed by atoms with Gasteiger partial charge in [0.2, 0.25) is 0 Å². The molecule has 0 N–H and O–H groups in total. The van der Waals surface area contributed by atoms with Crippen LogP contribution in [0.25, 0.3) is 16.8 Å². The van der Waals surface area contributed by atoms with Gasteiger partial charge < -0.3 is 4.79 Å². The first-order valence-corrected chi connectivity index (χ1v) is 5.00. The Morgan fingerprint density at radius 2 is 1.80 bits per heavy atom. The highest BCUT2D eigenvalue weighted by molar-refractivity contribution is 5.90. The molecule has 1 heteroatoms. The molecule has 0 aliphatic carbocycles. The highest BCUT2D eigenvalue weighted by Crippen LogP contribution is 2.19. The molecule has 0 radical (unpaired) electrons. The van der Waals surface area contributed by atoms with Gasteiger partial charge >= 0.3 is 0 Å². The molecule has 2 aromatic rings. The Balaban J connectivity index is 2.46. The van der Waals surface area contributed by atoms with Gasteiger partial charge in [-0.1, -0.05) is 54.6 Å². The number of hydrogen-bond acceptors (Lipinski definition) is 1. The molecule has 0 aliphatic rings. The molecule has 74 valence electrons. The van der Waals surface area contributed by atoms with Gasteiger partial charge in [-0.2, -0.15) is 0 Å². The van der Waals surface area contributed by atoms with Gasteiger partial charge in [-0.25, -0.2) is 0 Å². The van der Waals surface area contributed by atoms with Crippen LogP contribution in [0.15, 0.2) is 48.5 Å². The average Bonchev–Trinajstić information content (AvgIpc) is 2.30. The highest BCUT2D eigenvalue weighted by atomic mass is 16.1. The van der Waals surface area contributed by atoms with Gasteiger partial charge in [0.25, 0.3) is 0 Å². The molecule has 0 spiro atoms. The van der Waals surface area contributed by atoms with Crippen LogP contribution in [0.4, 0.5) is 0 Å². The molecule has 0 bridgehead atoms. The van der Waals surface area contributed by atoms with Crippen LogP contribution in [0, 0.1) is 0 Å². The third-order valence-electron chi connectivity index (χ3n) is 2.35. The molecule has 15 heavy (non-hydrogen) atoms. The number of aldehydes is 1. The first-order valence-electron chi connectivity index (χ1n) is 5.00. The van der Waals surface area contributed by atoms with E-state index in [2.05, 4.69) is 24.3 Å². The lowest BCUT2D eigenvalue weighted by atomic mass is 10.0. The summed E-state index contributed by atoms with van der Waals surface area (Å²) >= 11 is 0. The Hall–Kier alpha value is -1.89. The molecule has 0 heterocycles. The van der Waals surface area contributed by atoms with E-state index in [1.165, 1.54) is 10.8 Å². The third-order valence-corrected chi connectivity index (χ3v) is 2.35. The molecule has 0 unspecified atom stereocenters. The summed E-state index contributed by atoms with van der Waals surface area (Å²) < 4.78 is 0. The van der Waals surface area contributed by atoms with Crippen LogP contribution in [-0.4, -0.2) is 6.29 Å². The molecule has 0 aliphatic heterocycles. The smallest absolute Gasteiger partial charge is 0.123 e. The minimum atomic E-state index is 0.475. The first-order chi connectivity index (χ1) is 7.42. The normalized spacial score (nSPS) is 10.9. The summed E-state index contributed by atoms with van der Waals surface area (Å²) in [7, 11) is 0. The van der Waals surface area contributed by atoms with E-state index in [4.69, 9.17) is 0 Å². The molecule has 0 aromatic heterocycles. The zero-order chi connectivity index (χ0) is 10.5. The fourth-order valence-corrected chi connectivity index (χ4v) is 1.65. The molecule has 0 amide bonds. The lowest BCUT2D eigenvalue weighted by molar-refractivity contribution is -0.107. The maximum absolute atomic E-state index is 10.2. The second-order valence-corrected chi connectivity index (χ2v) is 3.37. The van der Waals surface area contributed by atoms with E-state index in [9.17, 15) is 4.79 Å². The van der Waals surface area contributed by atoms with Crippen molar-refractivity contribution in [1.82, 2.24) is 0 Å². The topological polar surface area (TPSA) is 17.1 Å². The van der Waals surface area contributed by atoms with Crippen LogP contribution >= 0.6 is 0 Å². The first kappa shape index (κ1) is 9.66. The van der Waals surface area contributed by atoms with E-state index in [-0.39, 0.29) is 0 Å². The van der Waals surface area contributed by atoms with Crippen molar-refractivity contribution in [2.45, 2.75) is 6.42 Å². The van der Waals surface area contributed by atoms with Crippen LogP contribution in [-0.2, 0) is 4.79 Å². The lowest BCUT2D eigenvalue weighted by Crippen LogP contribution is -1.77. The number of fused-ring (bicyclic) bond motifs is 1. The molecule has 0 saturated heterocycles. The summed E-state index contributed by atoms with van der Waals surface area (Å²) in [5.41, 5.74) is 1.16. The molecule has 0 saturated carbocycles. The number of rotatable bonds is 3. The van der Waals surface area contributed by atoms with E-state index in [0.717, 1.165) is 11.8 Å². The molecular weight excluding hydrogens is 184 g/mol. The van der Waals surface area contributed by atoms with E-state index in [0.29, 0.717) is 6.42 Å². The standard InChI is InChI=1S/C14H12O/c15-11-4-3-7-13-9-5-8-12-6-1-2-10-14(12)13/h1-3,5-11H,4H2. The van der Waals surface area contributed by atoms with Crippen molar-refractivity contribution < 1.29 is 4.79 Å². The maximum atomic E-state index is 10.2. The molecule has 2 rings (SSSR count). The minimum Gasteiger partial charge on any atom is -0.303 e. The minimum absolute atomic E-state index is 0.475. The van der Waals surface area contributed by atoms with E-state index in [1.54, 1.807) is 0 Å². The Kier molecular flexibility index (Phi) is 2.93. The largest absolute Gasteiger partial charge is 0.303 e. The van der Waals surface area contributed by atoms with Gasteiger partial charge in [0.05, 0.1) is 0 Å². The zero-order valence-electron chi connectivity index (χ0n) is 8.39. The van der Waals surface area contributed by atoms with Gasteiger partial charge in [0.1, 0.15) is 6.29 Å². The summed E-state index contributed by atoms with van der Waals surface area (Å²) in [6.45, 7) is 0. The number of hydrogen-bond donors (Lipinski definition) is 0. The maximum Gasteiger partial charge on any atom is 0.123 e. The monoisotopic (exact) mass is 196 g/mol. The molecule has 1 nitrogen and oxygen atoms in total. The summed E-state index contributed by atoms with van der Waals surface area (Å²) in [4.78, 5) is 10.2. The summed E-state index contributed by atoms with van der Waals surface area (Å²) in [5, 5.41) is 2.45. The number of benzene rings is 2. The summed E-state index contributed by atoms with van der Waals surface area (Å²) in [5.74, 6) is 0. The van der Waals surface area contributed by atoms with Crippen molar-refractivity contribution in [3.63, 3.8) is 0 Å². The predicted molar refractivity (Wildman–Crippen MR) is 63.7 cm³/mol. The van der Waals surface area contributed by atoms with Gasteiger partial charge in [-0.05, 0) is 16.3 Å². The Labute approximate surface area is 89.0 Å². The molecule has 2 aromatic carbocycles. The highest BCUT2D eigenvalue weighted by Gasteiger charge is 1.95. The van der Waals surface area contributed by atoms with E-state index >= 15 is 0 Å². The van der Waals surface area contributed by atoms with Crippen LogP contribution < -0.4 is 0 Å². The van der Waals surface area contributed by atoms with Gasteiger partial charge in [0.15, 0.2) is 0 Å². The molecule has 0 fully saturated rings. The number of allylic oxidation sites excluding steroid dienone is 1. The van der Waals surface area contributed by atoms with Crippen molar-refractivity contribution in [2.75, 3.05) is 0 Å². The van der Waals surface area contributed by atoms with Crippen molar-refractivity contribution in [1.29, 1.82) is 0 Å². The fourth-order valence-electron chi connectivity index (χ4n) is 1.65. The number of carbonyl (C=O) groups excluding carboxylic acids is 1. The zero-order valence-corrected chi connectivity index (χ0v) is 8.39. The predicted octanol–water partition coefficient (Wildman–Crippen LogP) is 3.44. The van der Waals surface area contributed by atoms with Gasteiger partial charge in [-0.15, -0.1) is 0 Å². The fraction of sp³-hybridized carbons (Fsp3) is 0.0714. The summed E-state index contributed by atoms with van der Waals surface area (Å²) in [6.07, 6.45) is 5.26. The van der Waals surface area contributed by atoms with E-state index < -0.39 is 0 Å². The second kappa shape index (κ2) is 4.56. The molecular formula is C14H12O. The number of carbonyl (C=O) groups is 1. The summed E-state index contributed by atoms with van der Waals surface area (Å²) in [6, 6.07) is 14.4. The SMILES string of the molecule is O=CCC=Cc1cccc2ccccc12. The average molecular weight is 196 g/mol. The van der Waals surface area contributed by atoms with Gasteiger partial charge in [-0.3, -0.25) is 0 Å². The Bertz CT molecular complexity index is 492. The Morgan fingerprint density at radius 3 is 2.67 bits per heavy atom. The second-order valence-electron chi connectivity index (χ2n) is 3.37. The van der Waals surface area contributed by atoms with Crippen molar-refractivity contribution in [3.8, 4) is 0 Å². The van der Waals surface area contributed by atoms with Crippen LogP contribution in [0.2, 0.25) is 0 Å². The Morgan fingerprint density at radius 1 is 1.00 bits per heavy atom. The van der Waals surface area contributed by atoms with E-state index in [1.807, 2.05) is 30.4 Å². The van der Waals surface area contributed by atoms with Gasteiger partial charge in [0, 0.05) is 6.42 Å². The van der Waals surface area contributed by atoms with Crippen LogP contribution in [0.1, 0.15) is 12.0 Å². The molecule has 0 atom stereocenters. The van der Waals surface area contributed by atoms with Crippen molar-refractivity contribution in [2.24, 2.45) is 0 Å². The van der Waals surface area contributed by atoms with Crippen LogP contribution in [0.5, 0.6) is 0 Å². The van der Waals surface area contributed by atoms with Crippen molar-refractivity contribution >= 4 is 23.1 Å². The van der Waals surface area contributed by atoms with Crippen molar-refractivity contribution in [3.05, 3.63) is 54.1 Å². The quantitative estimate of drug-likeness (QED) is 0.687. The third kappa shape index (κ3) is 2.13. The van der Waals surface area contributed by atoms with Crippen LogP contribution in [0.3, 0.4) is 0 Å².